The zero-order valence-corrected chi connectivity index (χ0v) is 9.83. The number of hydrogen-bond donors (Lipinski definition) is 2. The van der Waals surface area contributed by atoms with Crippen molar-refractivity contribution in [2.45, 2.75) is 44.8 Å². The van der Waals surface area contributed by atoms with Gasteiger partial charge in [-0.15, -0.1) is 0 Å². The van der Waals surface area contributed by atoms with E-state index in [4.69, 9.17) is 15.9 Å². The van der Waals surface area contributed by atoms with Crippen molar-refractivity contribution in [3.63, 3.8) is 0 Å². The fraction of sp³-hybridized carbons (Fsp3) is 0.909. The Labute approximate surface area is 92.3 Å². The monoisotopic (exact) mass is 213 g/mol. The second-order valence-corrected chi connectivity index (χ2v) is 4.48. The minimum Gasteiger partial charge on any atom is -0.388 e. The van der Waals surface area contributed by atoms with E-state index in [1.165, 1.54) is 12.8 Å². The van der Waals surface area contributed by atoms with E-state index >= 15 is 0 Å². The highest BCUT2D eigenvalue weighted by Gasteiger charge is 2.17. The van der Waals surface area contributed by atoms with Gasteiger partial charge in [-0.1, -0.05) is 0 Å². The molecule has 1 aliphatic rings. The molecular formula is C11H23N3O. The second kappa shape index (κ2) is 6.08. The molecule has 4 heteroatoms. The van der Waals surface area contributed by atoms with Gasteiger partial charge in [-0.2, -0.15) is 0 Å². The van der Waals surface area contributed by atoms with E-state index < -0.39 is 0 Å². The molecule has 4 nitrogen and oxygen atoms in total. The second-order valence-electron chi connectivity index (χ2n) is 4.48. The minimum absolute atomic E-state index is 0.270. The van der Waals surface area contributed by atoms with Gasteiger partial charge in [0.25, 0.3) is 0 Å². The lowest BCUT2D eigenvalue weighted by molar-refractivity contribution is 0.0911. The Morgan fingerprint density at radius 3 is 2.93 bits per heavy atom. The highest BCUT2D eigenvalue weighted by molar-refractivity contribution is 5.77. The molecule has 3 N–H and O–H groups in total. The molecule has 0 aromatic heterocycles. The average Bonchev–Trinajstić information content (AvgIpc) is 2.65. The van der Waals surface area contributed by atoms with Crippen LogP contribution in [0.3, 0.4) is 0 Å². The topological polar surface area (TPSA) is 62.3 Å². The first-order valence-corrected chi connectivity index (χ1v) is 5.74. The first-order valence-electron chi connectivity index (χ1n) is 5.74. The van der Waals surface area contributed by atoms with Crippen molar-refractivity contribution in [2.24, 2.45) is 5.73 Å². The molecule has 0 aromatic carbocycles. The molecule has 0 aliphatic carbocycles. The Morgan fingerprint density at radius 2 is 2.40 bits per heavy atom. The number of nitrogens with one attached hydrogen (secondary N) is 1. The van der Waals surface area contributed by atoms with Crippen molar-refractivity contribution in [1.82, 2.24) is 4.90 Å². The lowest BCUT2D eigenvalue weighted by Crippen LogP contribution is -2.34. The van der Waals surface area contributed by atoms with E-state index in [0.29, 0.717) is 18.6 Å². The zero-order chi connectivity index (χ0) is 11.3. The van der Waals surface area contributed by atoms with Crippen LogP contribution in [0.4, 0.5) is 0 Å². The summed E-state index contributed by atoms with van der Waals surface area (Å²) in [5, 5.41) is 7.24. The maximum Gasteiger partial charge on any atom is 0.0920 e. The molecule has 0 saturated carbocycles. The van der Waals surface area contributed by atoms with E-state index in [2.05, 4.69) is 18.9 Å². The predicted octanol–water partition coefficient (Wildman–Crippen LogP) is 1.20. The Bertz CT molecular complexity index is 202. The molecular weight excluding hydrogens is 190 g/mol. The van der Waals surface area contributed by atoms with Gasteiger partial charge in [-0.25, -0.2) is 0 Å². The highest BCUT2D eigenvalue weighted by atomic mass is 16.5. The lowest BCUT2D eigenvalue weighted by atomic mass is 10.1. The van der Waals surface area contributed by atoms with Gasteiger partial charge < -0.3 is 15.4 Å². The number of rotatable bonds is 6. The van der Waals surface area contributed by atoms with Crippen molar-refractivity contribution in [2.75, 3.05) is 20.2 Å². The van der Waals surface area contributed by atoms with Crippen LogP contribution in [0.2, 0.25) is 0 Å². The van der Waals surface area contributed by atoms with Crippen molar-refractivity contribution >= 4 is 5.84 Å². The molecule has 1 fully saturated rings. The van der Waals surface area contributed by atoms with Gasteiger partial charge >= 0.3 is 0 Å². The minimum atomic E-state index is 0.270. The molecule has 0 bridgehead atoms. The van der Waals surface area contributed by atoms with Gasteiger partial charge in [-0.05, 0) is 33.2 Å². The summed E-state index contributed by atoms with van der Waals surface area (Å²) in [7, 11) is 2.09. The molecule has 0 spiro atoms. The predicted molar refractivity (Wildman–Crippen MR) is 62.2 cm³/mol. The fourth-order valence-corrected chi connectivity index (χ4v) is 1.91. The highest BCUT2D eigenvalue weighted by Crippen LogP contribution is 2.16. The molecule has 1 saturated heterocycles. The van der Waals surface area contributed by atoms with E-state index in [9.17, 15) is 0 Å². The van der Waals surface area contributed by atoms with Gasteiger partial charge in [-0.3, -0.25) is 5.41 Å². The van der Waals surface area contributed by atoms with Crippen LogP contribution in [0.25, 0.3) is 0 Å². The molecule has 1 rings (SSSR count). The van der Waals surface area contributed by atoms with Crippen LogP contribution in [0.15, 0.2) is 0 Å². The summed E-state index contributed by atoms with van der Waals surface area (Å²) in [6.45, 7) is 4.06. The number of ether oxygens (including phenoxy) is 1. The maximum atomic E-state index is 7.24. The van der Waals surface area contributed by atoms with E-state index in [1.54, 1.807) is 0 Å². The summed E-state index contributed by atoms with van der Waals surface area (Å²) in [4.78, 5) is 2.25. The SMILES string of the molecule is CC(CC(=N)N)N(C)CCC1CCCO1. The number of hydrogen-bond acceptors (Lipinski definition) is 3. The number of nitrogens with two attached hydrogens (primary N) is 1. The van der Waals surface area contributed by atoms with Crippen LogP contribution >= 0.6 is 0 Å². The molecule has 2 atom stereocenters. The molecule has 1 aliphatic heterocycles. The van der Waals surface area contributed by atoms with Gasteiger partial charge in [0, 0.05) is 25.6 Å². The zero-order valence-electron chi connectivity index (χ0n) is 9.83. The molecule has 0 radical (unpaired) electrons. The van der Waals surface area contributed by atoms with Crippen LogP contribution < -0.4 is 5.73 Å². The third kappa shape index (κ3) is 4.62. The Balaban J connectivity index is 2.16. The maximum absolute atomic E-state index is 7.24. The van der Waals surface area contributed by atoms with E-state index in [0.717, 1.165) is 19.6 Å². The quantitative estimate of drug-likeness (QED) is 0.515. The molecule has 1 heterocycles. The lowest BCUT2D eigenvalue weighted by Gasteiger charge is -2.25. The Hall–Kier alpha value is -0.610. The summed E-state index contributed by atoms with van der Waals surface area (Å²) >= 11 is 0. The standard InChI is InChI=1S/C11H23N3O/c1-9(8-11(12)13)14(2)6-5-10-4-3-7-15-10/h9-10H,3-8H2,1-2H3,(H3,12,13). The van der Waals surface area contributed by atoms with Gasteiger partial charge in [0.05, 0.1) is 11.9 Å². The van der Waals surface area contributed by atoms with Crippen LogP contribution in [-0.4, -0.2) is 43.1 Å². The van der Waals surface area contributed by atoms with Crippen LogP contribution in [0.1, 0.15) is 32.6 Å². The van der Waals surface area contributed by atoms with E-state index in [1.807, 2.05) is 0 Å². The molecule has 2 unspecified atom stereocenters. The van der Waals surface area contributed by atoms with Crippen molar-refractivity contribution in [1.29, 1.82) is 5.41 Å². The first kappa shape index (κ1) is 12.5. The summed E-state index contributed by atoms with van der Waals surface area (Å²) in [6, 6.07) is 0.351. The summed E-state index contributed by atoms with van der Waals surface area (Å²) < 4.78 is 5.57. The Kier molecular flexibility index (Phi) is 5.05. The van der Waals surface area contributed by atoms with Crippen LogP contribution in [0.5, 0.6) is 0 Å². The summed E-state index contributed by atoms with van der Waals surface area (Å²) in [5.74, 6) is 0.270. The van der Waals surface area contributed by atoms with Crippen molar-refractivity contribution in [3.8, 4) is 0 Å². The van der Waals surface area contributed by atoms with Gasteiger partial charge in [0.15, 0.2) is 0 Å². The molecule has 0 aromatic rings. The fourth-order valence-electron chi connectivity index (χ4n) is 1.91. The van der Waals surface area contributed by atoms with Crippen LogP contribution in [0, 0.1) is 5.41 Å². The third-order valence-electron chi connectivity index (χ3n) is 3.10. The first-order chi connectivity index (χ1) is 7.09. The van der Waals surface area contributed by atoms with Gasteiger partial charge in [0.2, 0.25) is 0 Å². The Morgan fingerprint density at radius 1 is 1.67 bits per heavy atom. The number of amidine groups is 1. The van der Waals surface area contributed by atoms with Crippen LogP contribution in [-0.2, 0) is 4.74 Å². The summed E-state index contributed by atoms with van der Waals surface area (Å²) in [6.07, 6.45) is 4.62. The molecule has 88 valence electrons. The summed E-state index contributed by atoms with van der Waals surface area (Å²) in [5.41, 5.74) is 5.38. The largest absolute Gasteiger partial charge is 0.388 e. The molecule has 15 heavy (non-hydrogen) atoms. The third-order valence-corrected chi connectivity index (χ3v) is 3.10. The van der Waals surface area contributed by atoms with Crippen molar-refractivity contribution in [3.05, 3.63) is 0 Å². The van der Waals surface area contributed by atoms with E-state index in [-0.39, 0.29) is 5.84 Å². The average molecular weight is 213 g/mol. The van der Waals surface area contributed by atoms with Gasteiger partial charge in [0.1, 0.15) is 0 Å². The van der Waals surface area contributed by atoms with Crippen molar-refractivity contribution < 1.29 is 4.74 Å². The normalized spacial score (nSPS) is 23.3. The number of nitrogens with zero attached hydrogens (tertiary/aromatic N) is 1. The smallest absolute Gasteiger partial charge is 0.0920 e. The molecule has 0 amide bonds.